The van der Waals surface area contributed by atoms with Gasteiger partial charge in [-0.3, -0.25) is 4.79 Å². The molecule has 7 heteroatoms. The fourth-order valence-corrected chi connectivity index (χ4v) is 5.31. The van der Waals surface area contributed by atoms with Gasteiger partial charge in [-0.15, -0.1) is 35.1 Å². The van der Waals surface area contributed by atoms with Crippen molar-refractivity contribution >= 4 is 41.0 Å². The lowest BCUT2D eigenvalue weighted by atomic mass is 9.90. The molecule has 2 N–H and O–H groups in total. The summed E-state index contributed by atoms with van der Waals surface area (Å²) in [6, 6.07) is 14.3. The zero-order valence-corrected chi connectivity index (χ0v) is 18.2. The Hall–Kier alpha value is -1.73. The van der Waals surface area contributed by atoms with Gasteiger partial charge >= 0.3 is 0 Å². The van der Waals surface area contributed by atoms with Crippen LogP contribution in [0.15, 0.2) is 47.8 Å². The number of benzene rings is 1. The number of rotatable bonds is 5. The minimum absolute atomic E-state index is 0. The van der Waals surface area contributed by atoms with E-state index in [0.29, 0.717) is 13.0 Å². The number of hydrogen-bond donors (Lipinski definition) is 1. The van der Waals surface area contributed by atoms with Crippen molar-refractivity contribution in [3.05, 3.63) is 52.7 Å². The summed E-state index contributed by atoms with van der Waals surface area (Å²) in [5.74, 6) is 0.174. The second kappa shape index (κ2) is 8.74. The standard InChI is InChI=1S/C21H23N3OS2.ClH/c1-21(13-22)9-10-24(14-21)18(25)12-17-19(16-8-5-11-26-16)23-20(27-17)15-6-3-2-4-7-15;/h2-8,11H,9-10,12-14,22H2,1H3;1H. The SMILES string of the molecule is CC1(CN)CCN(C(=O)Cc2sc(-c3ccccc3)nc2-c2cccs2)C1.Cl. The molecule has 4 rings (SSSR count). The van der Waals surface area contributed by atoms with Crippen LogP contribution in [0.3, 0.4) is 0 Å². The van der Waals surface area contributed by atoms with Crippen molar-refractivity contribution in [1.82, 2.24) is 9.88 Å². The molecule has 148 valence electrons. The van der Waals surface area contributed by atoms with Crippen LogP contribution in [0.25, 0.3) is 21.1 Å². The summed E-state index contributed by atoms with van der Waals surface area (Å²) in [6.45, 7) is 4.33. The topological polar surface area (TPSA) is 59.2 Å². The van der Waals surface area contributed by atoms with Crippen molar-refractivity contribution in [3.63, 3.8) is 0 Å². The van der Waals surface area contributed by atoms with E-state index in [1.54, 1.807) is 22.7 Å². The van der Waals surface area contributed by atoms with Gasteiger partial charge in [0.1, 0.15) is 5.01 Å². The summed E-state index contributed by atoms with van der Waals surface area (Å²) in [5.41, 5.74) is 7.99. The van der Waals surface area contributed by atoms with Gasteiger partial charge in [-0.05, 0) is 29.8 Å². The van der Waals surface area contributed by atoms with E-state index in [0.717, 1.165) is 45.5 Å². The zero-order chi connectivity index (χ0) is 18.9. The number of nitrogens with zero attached hydrogens (tertiary/aromatic N) is 2. The molecule has 1 unspecified atom stereocenters. The lowest BCUT2D eigenvalue weighted by molar-refractivity contribution is -0.129. The normalized spacial score (nSPS) is 18.9. The first kappa shape index (κ1) is 21.0. The number of carbonyl (C=O) groups is 1. The molecular weight excluding hydrogens is 410 g/mol. The molecule has 2 aromatic heterocycles. The first-order valence-corrected chi connectivity index (χ1v) is 10.8. The van der Waals surface area contributed by atoms with Crippen molar-refractivity contribution in [2.45, 2.75) is 19.8 Å². The smallest absolute Gasteiger partial charge is 0.227 e. The Labute approximate surface area is 179 Å². The number of likely N-dealkylation sites (tertiary alicyclic amines) is 1. The fourth-order valence-electron chi connectivity index (χ4n) is 3.43. The average Bonchev–Trinajstić information content (AvgIpc) is 3.42. The number of aromatic nitrogens is 1. The van der Waals surface area contributed by atoms with Crippen LogP contribution < -0.4 is 5.73 Å². The minimum Gasteiger partial charge on any atom is -0.342 e. The van der Waals surface area contributed by atoms with E-state index in [9.17, 15) is 4.79 Å². The summed E-state index contributed by atoms with van der Waals surface area (Å²) in [6.07, 6.45) is 1.38. The van der Waals surface area contributed by atoms with Gasteiger partial charge in [0.2, 0.25) is 5.91 Å². The van der Waals surface area contributed by atoms with Crippen LogP contribution in [-0.2, 0) is 11.2 Å². The average molecular weight is 434 g/mol. The predicted octanol–water partition coefficient (Wildman–Crippen LogP) is 4.70. The number of thiophene rings is 1. The second-order valence-corrected chi connectivity index (χ2v) is 9.42. The Morgan fingerprint density at radius 3 is 2.68 bits per heavy atom. The van der Waals surface area contributed by atoms with Gasteiger partial charge in [0, 0.05) is 23.5 Å². The van der Waals surface area contributed by atoms with Crippen LogP contribution in [0.5, 0.6) is 0 Å². The quantitative estimate of drug-likeness (QED) is 0.634. The lowest BCUT2D eigenvalue weighted by Gasteiger charge is -2.22. The van der Waals surface area contributed by atoms with E-state index in [2.05, 4.69) is 30.5 Å². The maximum Gasteiger partial charge on any atom is 0.227 e. The third kappa shape index (κ3) is 4.30. The summed E-state index contributed by atoms with van der Waals surface area (Å²) in [4.78, 5) is 22.0. The maximum absolute atomic E-state index is 13.0. The molecular formula is C21H24ClN3OS2. The molecule has 1 aliphatic rings. The first-order chi connectivity index (χ1) is 13.1. The molecule has 0 radical (unpaired) electrons. The number of thiazole rings is 1. The first-order valence-electron chi connectivity index (χ1n) is 9.15. The van der Waals surface area contributed by atoms with Crippen LogP contribution in [0.1, 0.15) is 18.2 Å². The van der Waals surface area contributed by atoms with Crippen molar-refractivity contribution in [1.29, 1.82) is 0 Å². The molecule has 28 heavy (non-hydrogen) atoms. The number of carbonyl (C=O) groups excluding carboxylic acids is 1. The molecule has 1 amide bonds. The number of amides is 1. The molecule has 3 aromatic rings. The Balaban J connectivity index is 0.00000225. The predicted molar refractivity (Wildman–Crippen MR) is 120 cm³/mol. The van der Waals surface area contributed by atoms with Crippen molar-refractivity contribution < 1.29 is 4.79 Å². The van der Waals surface area contributed by atoms with Gasteiger partial charge in [-0.25, -0.2) is 4.98 Å². The van der Waals surface area contributed by atoms with E-state index in [-0.39, 0.29) is 23.7 Å². The summed E-state index contributed by atoms with van der Waals surface area (Å²) in [7, 11) is 0. The van der Waals surface area contributed by atoms with E-state index in [4.69, 9.17) is 10.7 Å². The van der Waals surface area contributed by atoms with Crippen LogP contribution >= 0.6 is 35.1 Å². The van der Waals surface area contributed by atoms with E-state index >= 15 is 0 Å². The summed E-state index contributed by atoms with van der Waals surface area (Å²) < 4.78 is 0. The van der Waals surface area contributed by atoms with Gasteiger partial charge in [0.25, 0.3) is 0 Å². The monoisotopic (exact) mass is 433 g/mol. The molecule has 1 aromatic carbocycles. The van der Waals surface area contributed by atoms with Gasteiger partial charge in [0.05, 0.1) is 17.0 Å². The van der Waals surface area contributed by atoms with E-state index in [1.165, 1.54) is 0 Å². The third-order valence-corrected chi connectivity index (χ3v) is 7.17. The van der Waals surface area contributed by atoms with Crippen molar-refractivity contribution in [3.8, 4) is 21.1 Å². The largest absolute Gasteiger partial charge is 0.342 e. The highest BCUT2D eigenvalue weighted by molar-refractivity contribution is 7.17. The van der Waals surface area contributed by atoms with Crippen molar-refractivity contribution in [2.24, 2.45) is 11.1 Å². The summed E-state index contributed by atoms with van der Waals surface area (Å²) in [5, 5.41) is 3.02. The van der Waals surface area contributed by atoms with Crippen LogP contribution in [0.4, 0.5) is 0 Å². The zero-order valence-electron chi connectivity index (χ0n) is 15.8. The van der Waals surface area contributed by atoms with E-state index in [1.807, 2.05) is 29.2 Å². The highest BCUT2D eigenvalue weighted by atomic mass is 35.5. The number of halogens is 1. The van der Waals surface area contributed by atoms with Gasteiger partial charge in [-0.1, -0.05) is 43.3 Å². The Bertz CT molecular complexity index is 927. The molecule has 0 saturated carbocycles. The highest BCUT2D eigenvalue weighted by Crippen LogP contribution is 2.37. The van der Waals surface area contributed by atoms with Gasteiger partial charge in [-0.2, -0.15) is 0 Å². The van der Waals surface area contributed by atoms with Crippen LogP contribution in [-0.4, -0.2) is 35.4 Å². The Morgan fingerprint density at radius 2 is 2.04 bits per heavy atom. The van der Waals surface area contributed by atoms with Crippen LogP contribution in [0, 0.1) is 5.41 Å². The van der Waals surface area contributed by atoms with Crippen LogP contribution in [0.2, 0.25) is 0 Å². The fraction of sp³-hybridized carbons (Fsp3) is 0.333. The second-order valence-electron chi connectivity index (χ2n) is 7.39. The molecule has 1 fully saturated rings. The molecule has 0 bridgehead atoms. The number of nitrogens with two attached hydrogens (primary N) is 1. The third-order valence-electron chi connectivity index (χ3n) is 5.19. The maximum atomic E-state index is 13.0. The van der Waals surface area contributed by atoms with Gasteiger partial charge < -0.3 is 10.6 Å². The molecule has 4 nitrogen and oxygen atoms in total. The molecule has 1 atom stereocenters. The molecule has 0 spiro atoms. The highest BCUT2D eigenvalue weighted by Gasteiger charge is 2.35. The Kier molecular flexibility index (Phi) is 6.55. The van der Waals surface area contributed by atoms with Gasteiger partial charge in [0.15, 0.2) is 0 Å². The molecule has 1 saturated heterocycles. The van der Waals surface area contributed by atoms with Crippen molar-refractivity contribution in [2.75, 3.05) is 19.6 Å². The lowest BCUT2D eigenvalue weighted by Crippen LogP contribution is -2.35. The van der Waals surface area contributed by atoms with E-state index < -0.39 is 0 Å². The minimum atomic E-state index is 0. The number of hydrogen-bond acceptors (Lipinski definition) is 5. The summed E-state index contributed by atoms with van der Waals surface area (Å²) >= 11 is 3.29. The molecule has 1 aliphatic heterocycles. The molecule has 0 aliphatic carbocycles. The Morgan fingerprint density at radius 1 is 1.25 bits per heavy atom. The molecule has 3 heterocycles.